The topological polar surface area (TPSA) is 81.6 Å². The van der Waals surface area contributed by atoms with Crippen LogP contribution in [0.3, 0.4) is 0 Å². The average Bonchev–Trinajstić information content (AvgIpc) is 3.27. The van der Waals surface area contributed by atoms with Gasteiger partial charge in [0.1, 0.15) is 0 Å². The van der Waals surface area contributed by atoms with Gasteiger partial charge in [-0.2, -0.15) is 10.4 Å². The van der Waals surface area contributed by atoms with Crippen LogP contribution in [-0.4, -0.2) is 16.1 Å². The Labute approximate surface area is 191 Å². The van der Waals surface area contributed by atoms with Crippen LogP contribution >= 0.6 is 0 Å². The molecule has 0 aliphatic rings. The van der Waals surface area contributed by atoms with Crippen LogP contribution in [-0.2, 0) is 4.79 Å². The molecule has 0 fully saturated rings. The van der Waals surface area contributed by atoms with Crippen molar-refractivity contribution in [2.75, 3.05) is 5.32 Å². The summed E-state index contributed by atoms with van der Waals surface area (Å²) in [4.78, 5) is 13.4. The number of hydrogen-bond acceptors (Lipinski definition) is 3. The summed E-state index contributed by atoms with van der Waals surface area (Å²) in [6.45, 7) is 0. The molecule has 0 bridgehead atoms. The van der Waals surface area contributed by atoms with Crippen LogP contribution in [0.5, 0.6) is 0 Å². The fourth-order valence-corrected chi connectivity index (χ4v) is 4.01. The summed E-state index contributed by atoms with van der Waals surface area (Å²) in [7, 11) is 0. The van der Waals surface area contributed by atoms with Crippen molar-refractivity contribution in [3.63, 3.8) is 0 Å². The predicted molar refractivity (Wildman–Crippen MR) is 130 cm³/mol. The van der Waals surface area contributed by atoms with Crippen LogP contribution in [0.4, 0.5) is 5.82 Å². The first-order valence-electron chi connectivity index (χ1n) is 10.6. The van der Waals surface area contributed by atoms with E-state index in [0.29, 0.717) is 11.4 Å². The van der Waals surface area contributed by atoms with Crippen molar-refractivity contribution >= 4 is 22.6 Å². The number of nitrogens with zero attached hydrogens (tertiary/aromatic N) is 2. The number of carbonyl (C=O) groups excluding carboxylic acids is 1. The molecule has 0 spiro atoms. The molecule has 0 atom stereocenters. The summed E-state index contributed by atoms with van der Waals surface area (Å²) in [5, 5.41) is 20.2. The van der Waals surface area contributed by atoms with E-state index in [1.54, 1.807) is 12.1 Å². The minimum atomic E-state index is -0.447. The van der Waals surface area contributed by atoms with E-state index in [-0.39, 0.29) is 5.91 Å². The molecule has 5 aromatic rings. The van der Waals surface area contributed by atoms with Crippen LogP contribution in [0.25, 0.3) is 22.0 Å². The highest BCUT2D eigenvalue weighted by Gasteiger charge is 2.24. The molecule has 5 rings (SSSR count). The Morgan fingerprint density at radius 3 is 2.03 bits per heavy atom. The first-order valence-corrected chi connectivity index (χ1v) is 10.6. The van der Waals surface area contributed by atoms with Crippen molar-refractivity contribution in [1.29, 1.82) is 5.26 Å². The molecule has 5 nitrogen and oxygen atoms in total. The van der Waals surface area contributed by atoms with Crippen LogP contribution < -0.4 is 5.32 Å². The fraction of sp³-hybridized carbons (Fsp3) is 0.0357. The first kappa shape index (κ1) is 20.2. The lowest BCUT2D eigenvalue weighted by Gasteiger charge is -2.17. The van der Waals surface area contributed by atoms with Crippen molar-refractivity contribution in [1.82, 2.24) is 10.2 Å². The van der Waals surface area contributed by atoms with Crippen molar-refractivity contribution < 1.29 is 4.79 Å². The van der Waals surface area contributed by atoms with Crippen LogP contribution in [0.2, 0.25) is 0 Å². The van der Waals surface area contributed by atoms with Crippen molar-refractivity contribution in [3.8, 4) is 17.2 Å². The molecule has 5 heteroatoms. The maximum atomic E-state index is 13.4. The third-order valence-electron chi connectivity index (χ3n) is 5.68. The lowest BCUT2D eigenvalue weighted by atomic mass is 9.90. The average molecular weight is 428 g/mol. The number of aromatic amines is 1. The van der Waals surface area contributed by atoms with Gasteiger partial charge in [-0.25, -0.2) is 0 Å². The molecule has 0 saturated heterocycles. The Balaban J connectivity index is 1.45. The van der Waals surface area contributed by atoms with Gasteiger partial charge in [0.15, 0.2) is 5.82 Å². The number of carbonyl (C=O) groups is 1. The van der Waals surface area contributed by atoms with Gasteiger partial charge in [0, 0.05) is 5.39 Å². The minimum Gasteiger partial charge on any atom is -0.308 e. The number of nitriles is 1. The zero-order valence-electron chi connectivity index (χ0n) is 17.7. The number of nitrogens with one attached hydrogen (secondary N) is 2. The van der Waals surface area contributed by atoms with Gasteiger partial charge in [-0.15, -0.1) is 0 Å². The normalized spacial score (nSPS) is 10.8. The maximum absolute atomic E-state index is 13.4. The third-order valence-corrected chi connectivity index (χ3v) is 5.68. The highest BCUT2D eigenvalue weighted by molar-refractivity contribution is 6.04. The highest BCUT2D eigenvalue weighted by atomic mass is 16.2. The molecular weight excluding hydrogens is 408 g/mol. The van der Waals surface area contributed by atoms with Crippen LogP contribution in [0.15, 0.2) is 103 Å². The fourth-order valence-electron chi connectivity index (χ4n) is 4.01. The monoisotopic (exact) mass is 428 g/mol. The molecule has 1 amide bonds. The Morgan fingerprint density at radius 1 is 0.818 bits per heavy atom. The number of anilines is 1. The van der Waals surface area contributed by atoms with Crippen molar-refractivity contribution in [2.24, 2.45) is 0 Å². The van der Waals surface area contributed by atoms with Crippen LogP contribution in [0, 0.1) is 11.3 Å². The molecule has 0 saturated carbocycles. The SMILES string of the molecule is N#Cc1ccc(-c2ccc3c(NC(=O)C(c4ccccc4)c4ccccc4)n[nH]c3c2)cc1. The van der Waals surface area contributed by atoms with Crippen molar-refractivity contribution in [3.05, 3.63) is 120 Å². The summed E-state index contributed by atoms with van der Waals surface area (Å²) >= 11 is 0. The molecular formula is C28H20N4O. The number of H-pyrrole nitrogens is 1. The summed E-state index contributed by atoms with van der Waals surface area (Å²) in [5.41, 5.74) is 5.29. The van der Waals surface area contributed by atoms with Gasteiger partial charge in [-0.05, 0) is 46.5 Å². The molecule has 2 N–H and O–H groups in total. The molecule has 0 aliphatic carbocycles. The summed E-state index contributed by atoms with van der Waals surface area (Å²) < 4.78 is 0. The summed E-state index contributed by atoms with van der Waals surface area (Å²) in [6, 6.07) is 35.0. The maximum Gasteiger partial charge on any atom is 0.237 e. The van der Waals surface area contributed by atoms with Crippen molar-refractivity contribution in [2.45, 2.75) is 5.92 Å². The lowest BCUT2D eigenvalue weighted by Crippen LogP contribution is -2.22. The second-order valence-electron chi connectivity index (χ2n) is 7.77. The summed E-state index contributed by atoms with van der Waals surface area (Å²) in [5.74, 6) is -0.0905. The molecule has 0 radical (unpaired) electrons. The number of aromatic nitrogens is 2. The van der Waals surface area contributed by atoms with Gasteiger partial charge in [0.2, 0.25) is 5.91 Å². The lowest BCUT2D eigenvalue weighted by molar-refractivity contribution is -0.116. The zero-order valence-corrected chi connectivity index (χ0v) is 17.7. The van der Waals surface area contributed by atoms with Gasteiger partial charge in [0.05, 0.1) is 23.1 Å². The molecule has 1 aromatic heterocycles. The number of benzene rings is 4. The van der Waals surface area contributed by atoms with E-state index in [0.717, 1.165) is 33.2 Å². The van der Waals surface area contributed by atoms with Gasteiger partial charge in [-0.1, -0.05) is 78.9 Å². The Morgan fingerprint density at radius 2 is 1.42 bits per heavy atom. The third kappa shape index (κ3) is 4.10. The van der Waals surface area contributed by atoms with E-state index < -0.39 is 5.92 Å². The van der Waals surface area contributed by atoms with E-state index in [2.05, 4.69) is 21.6 Å². The summed E-state index contributed by atoms with van der Waals surface area (Å²) in [6.07, 6.45) is 0. The van der Waals surface area contributed by atoms with Gasteiger partial charge in [-0.3, -0.25) is 9.89 Å². The van der Waals surface area contributed by atoms with E-state index >= 15 is 0 Å². The number of hydrogen-bond donors (Lipinski definition) is 2. The zero-order chi connectivity index (χ0) is 22.6. The van der Waals surface area contributed by atoms with Gasteiger partial charge >= 0.3 is 0 Å². The Bertz CT molecular complexity index is 1410. The predicted octanol–water partition coefficient (Wildman–Crippen LogP) is 5.87. The Kier molecular flexibility index (Phi) is 5.40. The van der Waals surface area contributed by atoms with Gasteiger partial charge in [0.25, 0.3) is 0 Å². The van der Waals surface area contributed by atoms with E-state index in [4.69, 9.17) is 5.26 Å². The second-order valence-corrected chi connectivity index (χ2v) is 7.77. The molecule has 0 unspecified atom stereocenters. The largest absolute Gasteiger partial charge is 0.308 e. The molecule has 158 valence electrons. The smallest absolute Gasteiger partial charge is 0.237 e. The van der Waals surface area contributed by atoms with E-state index in [1.807, 2.05) is 91.0 Å². The number of fused-ring (bicyclic) bond motifs is 1. The second kappa shape index (κ2) is 8.81. The standard InChI is InChI=1S/C28H20N4O/c29-18-19-11-13-20(14-12-19)23-15-16-24-25(17-23)31-32-27(24)30-28(33)26(21-7-3-1-4-8-21)22-9-5-2-6-10-22/h1-17,26H,(H2,30,31,32,33). The molecule has 0 aliphatic heterocycles. The van der Waals surface area contributed by atoms with Crippen LogP contribution in [0.1, 0.15) is 22.6 Å². The van der Waals surface area contributed by atoms with E-state index in [1.165, 1.54) is 0 Å². The number of amides is 1. The molecule has 1 heterocycles. The minimum absolute atomic E-state index is 0.142. The molecule has 4 aromatic carbocycles. The van der Waals surface area contributed by atoms with E-state index in [9.17, 15) is 4.79 Å². The highest BCUT2D eigenvalue weighted by Crippen LogP contribution is 2.30. The molecule has 33 heavy (non-hydrogen) atoms. The Hall–Kier alpha value is -4.69. The van der Waals surface area contributed by atoms with Gasteiger partial charge < -0.3 is 5.32 Å². The quantitative estimate of drug-likeness (QED) is 0.367. The number of rotatable bonds is 5. The first-order chi connectivity index (χ1) is 16.2.